The molecule has 0 radical (unpaired) electrons. The van der Waals surface area contributed by atoms with E-state index in [4.69, 9.17) is 23.7 Å². The van der Waals surface area contributed by atoms with Crippen LogP contribution in [-0.2, 0) is 39.9 Å². The maximum atomic E-state index is 11.9. The minimum absolute atomic E-state index is 0.00180. The number of aliphatic hydroxyl groups excluding tert-OH is 1. The minimum Gasteiger partial charge on any atom is -0.506 e. The Balaban J connectivity index is 2.29. The molecule has 3 unspecified atom stereocenters. The molecule has 0 bridgehead atoms. The molecule has 3 atom stereocenters. The lowest BCUT2D eigenvalue weighted by Gasteiger charge is -2.36. The van der Waals surface area contributed by atoms with Gasteiger partial charge in [-0.15, -0.1) is 0 Å². The summed E-state index contributed by atoms with van der Waals surface area (Å²) in [4.78, 5) is 23.4. The van der Waals surface area contributed by atoms with Gasteiger partial charge in [-0.05, 0) is 19.4 Å². The van der Waals surface area contributed by atoms with E-state index >= 15 is 0 Å². The standard InChI is InChI=1S/C20H26O8/c1-4-24-16(22)11-15-17(23)18(26-12-14-9-7-6-8-10-14)19(27-13(3)21)20(28-15)25-5-2/h6-10,15,19-20,23H,4-5,11-12H2,1-3H3. The average molecular weight is 394 g/mol. The van der Waals surface area contributed by atoms with Gasteiger partial charge in [-0.1, -0.05) is 30.3 Å². The Morgan fingerprint density at radius 1 is 1.14 bits per heavy atom. The van der Waals surface area contributed by atoms with Gasteiger partial charge in [-0.25, -0.2) is 0 Å². The van der Waals surface area contributed by atoms with Crippen LogP contribution in [0.5, 0.6) is 0 Å². The minimum atomic E-state index is -1.10. The molecule has 1 aliphatic rings. The number of ether oxygens (including phenoxy) is 5. The lowest BCUT2D eigenvalue weighted by Crippen LogP contribution is -2.46. The van der Waals surface area contributed by atoms with Crippen LogP contribution < -0.4 is 0 Å². The molecule has 8 nitrogen and oxygen atoms in total. The van der Waals surface area contributed by atoms with Crippen LogP contribution in [0.15, 0.2) is 41.9 Å². The second-order valence-corrected chi connectivity index (χ2v) is 6.01. The summed E-state index contributed by atoms with van der Waals surface area (Å²) < 4.78 is 27.2. The Bertz CT molecular complexity index is 685. The lowest BCUT2D eigenvalue weighted by molar-refractivity contribution is -0.236. The van der Waals surface area contributed by atoms with Gasteiger partial charge >= 0.3 is 11.9 Å². The highest BCUT2D eigenvalue weighted by Crippen LogP contribution is 2.31. The molecular formula is C20H26O8. The van der Waals surface area contributed by atoms with E-state index in [1.807, 2.05) is 30.3 Å². The number of esters is 2. The highest BCUT2D eigenvalue weighted by atomic mass is 16.7. The van der Waals surface area contributed by atoms with Gasteiger partial charge in [0.25, 0.3) is 0 Å². The fraction of sp³-hybridized carbons (Fsp3) is 0.500. The topological polar surface area (TPSA) is 101 Å². The van der Waals surface area contributed by atoms with Gasteiger partial charge in [-0.3, -0.25) is 9.59 Å². The molecule has 1 aromatic rings. The van der Waals surface area contributed by atoms with E-state index in [0.717, 1.165) is 5.56 Å². The van der Waals surface area contributed by atoms with Crippen LogP contribution in [0.25, 0.3) is 0 Å². The Labute approximate surface area is 164 Å². The lowest BCUT2D eigenvalue weighted by atomic mass is 10.1. The summed E-state index contributed by atoms with van der Waals surface area (Å²) in [7, 11) is 0. The van der Waals surface area contributed by atoms with Crippen LogP contribution in [0.3, 0.4) is 0 Å². The quantitative estimate of drug-likeness (QED) is 0.638. The highest BCUT2D eigenvalue weighted by molar-refractivity contribution is 5.70. The summed E-state index contributed by atoms with van der Waals surface area (Å²) in [6, 6.07) is 9.29. The Morgan fingerprint density at radius 2 is 1.86 bits per heavy atom. The molecule has 28 heavy (non-hydrogen) atoms. The van der Waals surface area contributed by atoms with Crippen molar-refractivity contribution in [2.45, 2.75) is 52.3 Å². The molecule has 1 N–H and O–H groups in total. The maximum absolute atomic E-state index is 11.9. The summed E-state index contributed by atoms with van der Waals surface area (Å²) >= 11 is 0. The van der Waals surface area contributed by atoms with Gasteiger partial charge in [0.2, 0.25) is 12.4 Å². The first-order chi connectivity index (χ1) is 13.5. The van der Waals surface area contributed by atoms with Crippen molar-refractivity contribution in [2.24, 2.45) is 0 Å². The van der Waals surface area contributed by atoms with Crippen LogP contribution >= 0.6 is 0 Å². The predicted molar refractivity (Wildman–Crippen MR) is 98.0 cm³/mol. The van der Waals surface area contributed by atoms with Crippen molar-refractivity contribution in [1.82, 2.24) is 0 Å². The van der Waals surface area contributed by atoms with E-state index < -0.39 is 30.4 Å². The van der Waals surface area contributed by atoms with Crippen LogP contribution in [0.4, 0.5) is 0 Å². The first-order valence-corrected chi connectivity index (χ1v) is 9.15. The van der Waals surface area contributed by atoms with Crippen LogP contribution in [0, 0.1) is 0 Å². The van der Waals surface area contributed by atoms with Crippen molar-refractivity contribution in [3.8, 4) is 0 Å². The third-order valence-corrected chi connectivity index (χ3v) is 3.88. The molecule has 0 saturated heterocycles. The molecular weight excluding hydrogens is 368 g/mol. The monoisotopic (exact) mass is 394 g/mol. The van der Waals surface area contributed by atoms with E-state index in [-0.39, 0.29) is 37.8 Å². The smallest absolute Gasteiger partial charge is 0.308 e. The Morgan fingerprint density at radius 3 is 2.46 bits per heavy atom. The maximum Gasteiger partial charge on any atom is 0.308 e. The van der Waals surface area contributed by atoms with Gasteiger partial charge in [0, 0.05) is 13.5 Å². The van der Waals surface area contributed by atoms with Gasteiger partial charge in [0.05, 0.1) is 13.0 Å². The molecule has 1 heterocycles. The van der Waals surface area contributed by atoms with E-state index in [9.17, 15) is 14.7 Å². The number of hydrogen-bond acceptors (Lipinski definition) is 8. The summed E-state index contributed by atoms with van der Waals surface area (Å²) in [5.41, 5.74) is 0.853. The van der Waals surface area contributed by atoms with E-state index in [0.29, 0.717) is 0 Å². The van der Waals surface area contributed by atoms with E-state index in [2.05, 4.69) is 0 Å². The van der Waals surface area contributed by atoms with Gasteiger partial charge in [0.15, 0.2) is 11.5 Å². The zero-order chi connectivity index (χ0) is 20.5. The average Bonchev–Trinajstić information content (AvgIpc) is 2.66. The number of rotatable bonds is 9. The number of aliphatic hydroxyl groups is 1. The third-order valence-electron chi connectivity index (χ3n) is 3.88. The van der Waals surface area contributed by atoms with Gasteiger partial charge in [-0.2, -0.15) is 0 Å². The SMILES string of the molecule is CCOC(=O)CC1OC(OCC)C(OC(C)=O)C(OCc2ccccc2)=C1O. The molecule has 0 saturated carbocycles. The van der Waals surface area contributed by atoms with Crippen molar-refractivity contribution in [3.05, 3.63) is 47.4 Å². The molecule has 0 aliphatic carbocycles. The molecule has 1 aliphatic heterocycles. The molecule has 0 spiro atoms. The van der Waals surface area contributed by atoms with Crippen molar-refractivity contribution in [2.75, 3.05) is 13.2 Å². The molecule has 2 rings (SSSR count). The molecule has 8 heteroatoms. The normalized spacial score (nSPS) is 21.9. The third kappa shape index (κ3) is 5.97. The molecule has 0 fully saturated rings. The molecule has 1 aromatic carbocycles. The summed E-state index contributed by atoms with van der Waals surface area (Å²) in [6.45, 7) is 5.27. The Hall–Kier alpha value is -2.58. The summed E-state index contributed by atoms with van der Waals surface area (Å²) in [6.07, 6.45) is -3.39. The summed E-state index contributed by atoms with van der Waals surface area (Å²) in [5.74, 6) is -1.46. The first-order valence-electron chi connectivity index (χ1n) is 9.15. The molecule has 0 aromatic heterocycles. The number of benzene rings is 1. The zero-order valence-corrected chi connectivity index (χ0v) is 16.3. The number of carbonyl (C=O) groups excluding carboxylic acids is 2. The zero-order valence-electron chi connectivity index (χ0n) is 16.3. The fourth-order valence-electron chi connectivity index (χ4n) is 2.71. The van der Waals surface area contributed by atoms with Crippen molar-refractivity contribution < 1.29 is 38.4 Å². The first kappa shape index (κ1) is 21.7. The van der Waals surface area contributed by atoms with Crippen LogP contribution in [0.2, 0.25) is 0 Å². The highest BCUT2D eigenvalue weighted by Gasteiger charge is 2.43. The molecule has 154 valence electrons. The molecule has 0 amide bonds. The fourth-order valence-corrected chi connectivity index (χ4v) is 2.71. The second kappa shape index (κ2) is 10.7. The van der Waals surface area contributed by atoms with Gasteiger partial charge in [0.1, 0.15) is 12.7 Å². The predicted octanol–water partition coefficient (Wildman–Crippen LogP) is 2.62. The van der Waals surface area contributed by atoms with Crippen LogP contribution in [-0.4, -0.2) is 48.8 Å². The number of carbonyl (C=O) groups is 2. The second-order valence-electron chi connectivity index (χ2n) is 6.01. The van der Waals surface area contributed by atoms with Crippen molar-refractivity contribution in [1.29, 1.82) is 0 Å². The van der Waals surface area contributed by atoms with Crippen LogP contribution in [0.1, 0.15) is 32.8 Å². The van der Waals surface area contributed by atoms with Crippen molar-refractivity contribution in [3.63, 3.8) is 0 Å². The number of hydrogen-bond donors (Lipinski definition) is 1. The Kier molecular flexibility index (Phi) is 8.28. The van der Waals surface area contributed by atoms with E-state index in [1.165, 1.54) is 6.92 Å². The summed E-state index contributed by atoms with van der Waals surface area (Å²) in [5, 5.41) is 10.7. The van der Waals surface area contributed by atoms with Gasteiger partial charge < -0.3 is 28.8 Å². The van der Waals surface area contributed by atoms with E-state index in [1.54, 1.807) is 13.8 Å². The largest absolute Gasteiger partial charge is 0.506 e. The van der Waals surface area contributed by atoms with Crippen molar-refractivity contribution >= 4 is 11.9 Å².